The number of alkyl carbamates (subject to hydrolysis) is 1. The zero-order valence-corrected chi connectivity index (χ0v) is 19.4. The third-order valence-corrected chi connectivity index (χ3v) is 6.80. The van der Waals surface area contributed by atoms with Gasteiger partial charge in [0.05, 0.1) is 6.54 Å². The third-order valence-electron chi connectivity index (χ3n) is 3.82. The summed E-state index contributed by atoms with van der Waals surface area (Å²) < 4.78 is 31.2. The average molecular weight is 448 g/mol. The first-order valence-electron chi connectivity index (χ1n) is 9.36. The summed E-state index contributed by atoms with van der Waals surface area (Å²) in [6, 6.07) is 0.709. The van der Waals surface area contributed by atoms with Gasteiger partial charge < -0.3 is 33.1 Å². The van der Waals surface area contributed by atoms with Crippen molar-refractivity contribution in [1.29, 1.82) is 0 Å². The normalized spacial score (nSPS) is 11.9. The molecule has 0 aliphatic carbocycles. The summed E-state index contributed by atoms with van der Waals surface area (Å²) in [6.45, 7) is 12.0. The molecule has 0 rings (SSSR count). The van der Waals surface area contributed by atoms with Crippen LogP contribution in [0.15, 0.2) is 24.3 Å². The van der Waals surface area contributed by atoms with Gasteiger partial charge in [0.1, 0.15) is 13.2 Å². The van der Waals surface area contributed by atoms with Gasteiger partial charge in [-0.3, -0.25) is 0 Å². The van der Waals surface area contributed by atoms with E-state index in [9.17, 15) is 14.4 Å². The van der Waals surface area contributed by atoms with Crippen LogP contribution in [0.5, 0.6) is 0 Å². The smallest absolute Gasteiger partial charge is 0.410 e. The first-order valence-corrected chi connectivity index (χ1v) is 11.9. The molecule has 172 valence electrons. The van der Waals surface area contributed by atoms with Crippen molar-refractivity contribution in [3.63, 3.8) is 0 Å². The topological polar surface area (TPSA) is 119 Å². The molecule has 0 aromatic rings. The van der Waals surface area contributed by atoms with Crippen LogP contribution in [0.25, 0.3) is 0 Å². The molecule has 0 saturated carbocycles. The van der Waals surface area contributed by atoms with Crippen molar-refractivity contribution in [1.82, 2.24) is 5.32 Å². The summed E-state index contributed by atoms with van der Waals surface area (Å²) >= 11 is 0. The van der Waals surface area contributed by atoms with E-state index in [1.165, 1.54) is 13.8 Å². The van der Waals surface area contributed by atoms with Crippen LogP contribution in [0.4, 0.5) is 4.79 Å². The standard InChI is InChI=1S/C19H33NO9Si/c1-14(2)17(21)27-11-9-20-19(23)29-16(28-18(22)15(3)4)13-26-10-8-12-30(7,24-5)25-6/h16H,1,3,8-13H2,2,4-7H3,(H,20,23). The fraction of sp³-hybridized carbons (Fsp3) is 0.632. The SMILES string of the molecule is C=C(C)C(=O)OCCNC(=O)OC(COCCC[Si](C)(OC)OC)OC(=O)C(=C)C. The van der Waals surface area contributed by atoms with Crippen LogP contribution in [-0.4, -0.2) is 73.5 Å². The van der Waals surface area contributed by atoms with Crippen molar-refractivity contribution >= 4 is 26.6 Å². The molecule has 30 heavy (non-hydrogen) atoms. The van der Waals surface area contributed by atoms with E-state index in [4.69, 9.17) is 27.8 Å². The minimum Gasteiger partial charge on any atom is -0.460 e. The molecule has 0 aliphatic rings. The minimum absolute atomic E-state index is 0.0110. The lowest BCUT2D eigenvalue weighted by atomic mass is 10.4. The van der Waals surface area contributed by atoms with Gasteiger partial charge in [0.25, 0.3) is 6.29 Å². The second-order valence-corrected chi connectivity index (χ2v) is 10.2. The molecule has 0 fully saturated rings. The molecule has 0 saturated heterocycles. The predicted molar refractivity (Wildman–Crippen MR) is 111 cm³/mol. The van der Waals surface area contributed by atoms with Crippen molar-refractivity contribution < 1.29 is 42.2 Å². The van der Waals surface area contributed by atoms with Gasteiger partial charge in [-0.1, -0.05) is 13.2 Å². The number of ether oxygens (including phenoxy) is 4. The predicted octanol–water partition coefficient (Wildman–Crippen LogP) is 2.05. The molecule has 1 unspecified atom stereocenters. The van der Waals surface area contributed by atoms with Gasteiger partial charge in [-0.25, -0.2) is 14.4 Å². The Kier molecular flexibility index (Phi) is 13.6. The number of hydrogen-bond acceptors (Lipinski definition) is 9. The summed E-state index contributed by atoms with van der Waals surface area (Å²) in [4.78, 5) is 34.9. The first kappa shape index (κ1) is 27.8. The fourth-order valence-corrected chi connectivity index (χ4v) is 3.22. The van der Waals surface area contributed by atoms with E-state index in [0.29, 0.717) is 19.1 Å². The molecule has 0 spiro atoms. The van der Waals surface area contributed by atoms with Crippen molar-refractivity contribution in [2.45, 2.75) is 39.1 Å². The van der Waals surface area contributed by atoms with Crippen molar-refractivity contribution in [2.75, 3.05) is 40.6 Å². The van der Waals surface area contributed by atoms with Crippen LogP contribution < -0.4 is 5.32 Å². The maximum absolute atomic E-state index is 11.9. The summed E-state index contributed by atoms with van der Waals surface area (Å²) in [5.74, 6) is -1.28. The highest BCUT2D eigenvalue weighted by Gasteiger charge is 2.28. The number of carbonyl (C=O) groups excluding carboxylic acids is 3. The Bertz CT molecular complexity index is 605. The van der Waals surface area contributed by atoms with E-state index in [1.807, 2.05) is 6.55 Å². The van der Waals surface area contributed by atoms with Crippen LogP contribution in [0, 0.1) is 0 Å². The van der Waals surface area contributed by atoms with Crippen molar-refractivity contribution in [2.24, 2.45) is 0 Å². The number of rotatable bonds is 15. The Morgan fingerprint density at radius 2 is 1.57 bits per heavy atom. The molecule has 1 N–H and O–H groups in total. The third kappa shape index (κ3) is 12.4. The summed E-state index contributed by atoms with van der Waals surface area (Å²) in [5, 5.41) is 2.38. The molecule has 0 aromatic carbocycles. The van der Waals surface area contributed by atoms with Gasteiger partial charge in [0.15, 0.2) is 0 Å². The van der Waals surface area contributed by atoms with E-state index in [1.54, 1.807) is 14.2 Å². The van der Waals surface area contributed by atoms with Gasteiger partial charge in [-0.05, 0) is 32.9 Å². The zero-order chi connectivity index (χ0) is 23.2. The number of esters is 2. The summed E-state index contributed by atoms with van der Waals surface area (Å²) in [7, 11) is 1.02. The molecule has 11 heteroatoms. The molecule has 0 aliphatic heterocycles. The number of nitrogens with one attached hydrogen (secondary N) is 1. The Balaban J connectivity index is 4.44. The van der Waals surface area contributed by atoms with Gasteiger partial charge in [0.2, 0.25) is 0 Å². The largest absolute Gasteiger partial charge is 0.460 e. The van der Waals surface area contributed by atoms with Crippen molar-refractivity contribution in [3.05, 3.63) is 24.3 Å². The molecule has 0 heterocycles. The van der Waals surface area contributed by atoms with Crippen LogP contribution >= 0.6 is 0 Å². The van der Waals surface area contributed by atoms with E-state index in [0.717, 1.165) is 0 Å². The lowest BCUT2D eigenvalue weighted by Crippen LogP contribution is -2.37. The van der Waals surface area contributed by atoms with Gasteiger partial charge >= 0.3 is 26.6 Å². The highest BCUT2D eigenvalue weighted by atomic mass is 28.4. The monoisotopic (exact) mass is 447 g/mol. The summed E-state index contributed by atoms with van der Waals surface area (Å²) in [6.07, 6.45) is -1.46. The second-order valence-electron chi connectivity index (χ2n) is 6.58. The number of carbonyl (C=O) groups is 3. The van der Waals surface area contributed by atoms with E-state index >= 15 is 0 Å². The zero-order valence-electron chi connectivity index (χ0n) is 18.4. The second kappa shape index (κ2) is 14.7. The molecule has 0 bridgehead atoms. The molecule has 10 nitrogen and oxygen atoms in total. The Hall–Kier alpha value is -2.21. The van der Waals surface area contributed by atoms with Crippen molar-refractivity contribution in [3.8, 4) is 0 Å². The van der Waals surface area contributed by atoms with Crippen LogP contribution in [0.2, 0.25) is 12.6 Å². The van der Waals surface area contributed by atoms with Gasteiger partial charge in [-0.2, -0.15) is 0 Å². The lowest BCUT2D eigenvalue weighted by molar-refractivity contribution is -0.172. The lowest BCUT2D eigenvalue weighted by Gasteiger charge is -2.23. The number of hydrogen-bond donors (Lipinski definition) is 1. The van der Waals surface area contributed by atoms with Crippen LogP contribution in [-0.2, 0) is 37.4 Å². The molecule has 1 atom stereocenters. The van der Waals surface area contributed by atoms with Crippen LogP contribution in [0.3, 0.4) is 0 Å². The van der Waals surface area contributed by atoms with Gasteiger partial charge in [0, 0.05) is 32.0 Å². The van der Waals surface area contributed by atoms with E-state index < -0.39 is 32.9 Å². The van der Waals surface area contributed by atoms with Crippen LogP contribution in [0.1, 0.15) is 20.3 Å². The summed E-state index contributed by atoms with van der Waals surface area (Å²) in [5.41, 5.74) is 0.401. The average Bonchev–Trinajstić information content (AvgIpc) is 2.70. The minimum atomic E-state index is -2.19. The fourth-order valence-electron chi connectivity index (χ4n) is 1.86. The quantitative estimate of drug-likeness (QED) is 0.132. The number of amides is 1. The molecule has 0 radical (unpaired) electrons. The van der Waals surface area contributed by atoms with Gasteiger partial charge in [-0.15, -0.1) is 0 Å². The molecule has 1 amide bonds. The Labute approximate surface area is 178 Å². The highest BCUT2D eigenvalue weighted by Crippen LogP contribution is 2.13. The first-order chi connectivity index (χ1) is 14.0. The molecule has 0 aromatic heterocycles. The molecular weight excluding hydrogens is 414 g/mol. The Morgan fingerprint density at radius 1 is 0.967 bits per heavy atom. The Morgan fingerprint density at radius 3 is 2.10 bits per heavy atom. The maximum Gasteiger partial charge on any atom is 0.410 e. The van der Waals surface area contributed by atoms with E-state index in [-0.39, 0.29) is 30.9 Å². The maximum atomic E-state index is 11.9. The molecular formula is C19H33NO9Si. The van der Waals surface area contributed by atoms with E-state index in [2.05, 4.69) is 18.5 Å². The highest BCUT2D eigenvalue weighted by molar-refractivity contribution is 6.65.